The number of amides is 2. The van der Waals surface area contributed by atoms with Gasteiger partial charge in [0, 0.05) is 75.5 Å². The molecule has 2 amide bonds. The number of nitrogens with two attached hydrogens (primary N) is 2. The minimum absolute atomic E-state index is 0. The molecule has 5 heteroatoms. The minimum Gasteiger partial charge on any atom is -0.352 e. The van der Waals surface area contributed by atoms with E-state index in [1.54, 1.807) is 0 Å². The van der Waals surface area contributed by atoms with Crippen LogP contribution in [-0.2, 0) is 0 Å². The first-order valence-corrected chi connectivity index (χ1v) is 0.781. The third kappa shape index (κ3) is 41.5. The molecule has 0 aromatic rings. The molecule has 4 N–H and O–H groups in total. The SMILES string of the molecule is NC(N)=O.[Ca].[Ca]. The maximum Gasteiger partial charge on any atom is 0.309 e. The monoisotopic (exact) mass is 140 g/mol. The summed E-state index contributed by atoms with van der Waals surface area (Å²) >= 11 is 0. The van der Waals surface area contributed by atoms with E-state index >= 15 is 0 Å². The summed E-state index contributed by atoms with van der Waals surface area (Å²) in [6.45, 7) is 0. The molecule has 0 aliphatic carbocycles. The van der Waals surface area contributed by atoms with Crippen LogP contribution in [0.4, 0.5) is 4.79 Å². The van der Waals surface area contributed by atoms with Crippen molar-refractivity contribution in [3.63, 3.8) is 0 Å². The molecule has 0 unspecified atom stereocenters. The molecule has 0 saturated carbocycles. The van der Waals surface area contributed by atoms with Gasteiger partial charge in [0.25, 0.3) is 0 Å². The molecule has 4 radical (unpaired) electrons. The molecule has 0 aliphatic heterocycles. The fourth-order valence-electron chi connectivity index (χ4n) is 0. The van der Waals surface area contributed by atoms with Crippen LogP contribution in [0.25, 0.3) is 0 Å². The fourth-order valence-corrected chi connectivity index (χ4v) is 0. The van der Waals surface area contributed by atoms with Crippen molar-refractivity contribution in [1.82, 2.24) is 0 Å². The Kier molecular flexibility index (Phi) is 25.9. The van der Waals surface area contributed by atoms with Crippen LogP contribution >= 0.6 is 0 Å². The van der Waals surface area contributed by atoms with Crippen molar-refractivity contribution in [3.8, 4) is 0 Å². The molecular formula is CH4Ca2N2O. The summed E-state index contributed by atoms with van der Waals surface area (Å²) in [5, 5.41) is 0. The van der Waals surface area contributed by atoms with Gasteiger partial charge in [-0.3, -0.25) is 0 Å². The molecule has 0 spiro atoms. The van der Waals surface area contributed by atoms with Crippen molar-refractivity contribution in [2.75, 3.05) is 0 Å². The van der Waals surface area contributed by atoms with E-state index in [1.165, 1.54) is 0 Å². The molecule has 0 aromatic heterocycles. The first-order valence-electron chi connectivity index (χ1n) is 0.781. The van der Waals surface area contributed by atoms with Crippen LogP contribution in [0.3, 0.4) is 0 Å². The van der Waals surface area contributed by atoms with Gasteiger partial charge in [0.05, 0.1) is 0 Å². The van der Waals surface area contributed by atoms with E-state index < -0.39 is 6.03 Å². The Labute approximate surface area is 95.8 Å². The quantitative estimate of drug-likeness (QED) is 0.385. The first kappa shape index (κ1) is 15.7. The van der Waals surface area contributed by atoms with Crippen molar-refractivity contribution in [1.29, 1.82) is 0 Å². The van der Waals surface area contributed by atoms with E-state index in [4.69, 9.17) is 4.79 Å². The maximum absolute atomic E-state index is 9.00. The topological polar surface area (TPSA) is 69.1 Å². The summed E-state index contributed by atoms with van der Waals surface area (Å²) in [7, 11) is 0. The molecule has 3 nitrogen and oxygen atoms in total. The Morgan fingerprint density at radius 1 is 1.17 bits per heavy atom. The van der Waals surface area contributed by atoms with Crippen LogP contribution in [0, 0.1) is 0 Å². The summed E-state index contributed by atoms with van der Waals surface area (Å²) in [6.07, 6.45) is 0. The number of carbonyl (C=O) groups is 1. The van der Waals surface area contributed by atoms with Crippen LogP contribution in [0.15, 0.2) is 0 Å². The molecule has 0 saturated heterocycles. The second-order valence-corrected chi connectivity index (χ2v) is 0.402. The smallest absolute Gasteiger partial charge is 0.309 e. The molecule has 6 heavy (non-hydrogen) atoms. The third-order valence-corrected chi connectivity index (χ3v) is 0. The predicted molar refractivity (Wildman–Crippen MR) is 25.3 cm³/mol. The number of carbonyl (C=O) groups excluding carboxylic acids is 1. The van der Waals surface area contributed by atoms with Crippen molar-refractivity contribution < 1.29 is 4.79 Å². The molecule has 0 bridgehead atoms. The second kappa shape index (κ2) is 9.92. The van der Waals surface area contributed by atoms with Gasteiger partial charge in [0.15, 0.2) is 0 Å². The van der Waals surface area contributed by atoms with Crippen LogP contribution in [0.5, 0.6) is 0 Å². The second-order valence-electron chi connectivity index (χ2n) is 0.402. The van der Waals surface area contributed by atoms with Gasteiger partial charge in [-0.25, -0.2) is 4.79 Å². The Morgan fingerprint density at radius 3 is 1.17 bits per heavy atom. The molecule has 28 valence electrons. The predicted octanol–water partition coefficient (Wildman–Crippen LogP) is -1.74. The zero-order chi connectivity index (χ0) is 3.58. The van der Waals surface area contributed by atoms with Crippen LogP contribution < -0.4 is 11.5 Å². The van der Waals surface area contributed by atoms with E-state index in [-0.39, 0.29) is 75.5 Å². The summed E-state index contributed by atoms with van der Waals surface area (Å²) < 4.78 is 0. The zero-order valence-electron chi connectivity index (χ0n) is 3.48. The van der Waals surface area contributed by atoms with Crippen molar-refractivity contribution >= 4 is 81.5 Å². The van der Waals surface area contributed by atoms with Crippen LogP contribution in [0.2, 0.25) is 0 Å². The van der Waals surface area contributed by atoms with E-state index in [2.05, 4.69) is 11.5 Å². The Balaban J connectivity index is -0.0000000450. The maximum atomic E-state index is 9.00. The van der Waals surface area contributed by atoms with E-state index in [0.717, 1.165) is 0 Å². The summed E-state index contributed by atoms with van der Waals surface area (Å²) in [6, 6.07) is -0.833. The van der Waals surface area contributed by atoms with Crippen molar-refractivity contribution in [2.45, 2.75) is 0 Å². The molecule has 0 fully saturated rings. The standard InChI is InChI=1S/CH4N2O.2Ca/c2-1(3)4;;/h(H4,2,3,4);;. The van der Waals surface area contributed by atoms with E-state index in [0.29, 0.717) is 0 Å². The third-order valence-electron chi connectivity index (χ3n) is 0. The average Bonchev–Trinajstić information content (AvgIpc) is 0.811. The number of primary amides is 2. The zero-order valence-corrected chi connectivity index (χ0v) is 7.89. The molecule has 0 rings (SSSR count). The Morgan fingerprint density at radius 2 is 1.17 bits per heavy atom. The fraction of sp³-hybridized carbons (Fsp3) is 0. The molecule has 0 aromatic carbocycles. The molecular weight excluding hydrogens is 136 g/mol. The van der Waals surface area contributed by atoms with Gasteiger partial charge in [-0.15, -0.1) is 0 Å². The van der Waals surface area contributed by atoms with Gasteiger partial charge in [0.1, 0.15) is 0 Å². The number of rotatable bonds is 0. The first-order chi connectivity index (χ1) is 1.73. The van der Waals surface area contributed by atoms with Gasteiger partial charge in [-0.2, -0.15) is 0 Å². The molecule has 0 heterocycles. The van der Waals surface area contributed by atoms with Gasteiger partial charge in [0.2, 0.25) is 0 Å². The average molecular weight is 140 g/mol. The Bertz CT molecular complexity index is 34.5. The number of hydrogen-bond acceptors (Lipinski definition) is 1. The molecule has 0 aliphatic rings. The number of urea groups is 1. The van der Waals surface area contributed by atoms with E-state index in [9.17, 15) is 0 Å². The summed E-state index contributed by atoms with van der Waals surface area (Å²) in [5.74, 6) is 0. The summed E-state index contributed by atoms with van der Waals surface area (Å²) in [4.78, 5) is 9.00. The van der Waals surface area contributed by atoms with Gasteiger partial charge in [-0.05, 0) is 0 Å². The number of hydrogen-bond donors (Lipinski definition) is 2. The van der Waals surface area contributed by atoms with Gasteiger partial charge < -0.3 is 11.5 Å². The van der Waals surface area contributed by atoms with Gasteiger partial charge >= 0.3 is 6.03 Å². The minimum atomic E-state index is -0.833. The van der Waals surface area contributed by atoms with Crippen LogP contribution in [-0.4, -0.2) is 81.5 Å². The van der Waals surface area contributed by atoms with Crippen LogP contribution in [0.1, 0.15) is 0 Å². The van der Waals surface area contributed by atoms with E-state index in [1.807, 2.05) is 0 Å². The van der Waals surface area contributed by atoms with Crippen molar-refractivity contribution in [3.05, 3.63) is 0 Å². The van der Waals surface area contributed by atoms with Crippen molar-refractivity contribution in [2.24, 2.45) is 11.5 Å². The Hall–Kier alpha value is 1.79. The van der Waals surface area contributed by atoms with Gasteiger partial charge in [-0.1, -0.05) is 0 Å². The normalized spacial score (nSPS) is 4.00. The largest absolute Gasteiger partial charge is 0.352 e. The molecule has 0 atom stereocenters. The summed E-state index contributed by atoms with van der Waals surface area (Å²) in [5.41, 5.74) is 8.50.